The zero-order chi connectivity index (χ0) is 21.8. The minimum atomic E-state index is -0.997. The zero-order valence-electron chi connectivity index (χ0n) is 17.5. The van der Waals surface area contributed by atoms with Crippen molar-refractivity contribution in [2.45, 2.75) is 70.7 Å². The molecule has 164 valence electrons. The van der Waals surface area contributed by atoms with Crippen LogP contribution in [0.5, 0.6) is 0 Å². The van der Waals surface area contributed by atoms with Crippen LogP contribution in [-0.4, -0.2) is 72.2 Å². The Morgan fingerprint density at radius 2 is 2.03 bits per heavy atom. The van der Waals surface area contributed by atoms with Crippen LogP contribution in [0.15, 0.2) is 0 Å². The van der Waals surface area contributed by atoms with Gasteiger partial charge in [0, 0.05) is 25.5 Å². The lowest BCUT2D eigenvalue weighted by atomic mass is 9.97. The fraction of sp³-hybridized carbons (Fsp3) is 0.789. The van der Waals surface area contributed by atoms with Crippen molar-refractivity contribution in [1.29, 1.82) is 0 Å². The first-order valence-corrected chi connectivity index (χ1v) is 10.0. The SMILES string of the molecule is CCO[C@@H]1C[C@@H](C(=O)NC(C[C@@H]2CCNC2=O)C(N)=O)N(C(=O)OC(C)(C)C)C1. The normalized spacial score (nSPS) is 25.4. The molecule has 2 saturated heterocycles. The number of hydrogen-bond acceptors (Lipinski definition) is 6. The molecule has 2 fully saturated rings. The Bertz CT molecular complexity index is 647. The van der Waals surface area contributed by atoms with Gasteiger partial charge in [0.05, 0.1) is 12.6 Å². The van der Waals surface area contributed by atoms with Crippen molar-refractivity contribution in [3.8, 4) is 0 Å². The van der Waals surface area contributed by atoms with E-state index < -0.39 is 35.6 Å². The highest BCUT2D eigenvalue weighted by molar-refractivity contribution is 5.91. The van der Waals surface area contributed by atoms with Crippen molar-refractivity contribution in [1.82, 2.24) is 15.5 Å². The standard InChI is InChI=1S/C19H32N4O6/c1-5-28-12-9-14(23(10-12)18(27)29-19(2,3)4)17(26)22-13(15(20)24)8-11-6-7-21-16(11)25/h11-14H,5-10H2,1-4H3,(H2,20,24)(H,21,25)(H,22,26)/t11-,12+,13?,14-/m0/s1. The predicted molar refractivity (Wildman–Crippen MR) is 104 cm³/mol. The summed E-state index contributed by atoms with van der Waals surface area (Å²) in [6, 6.07) is -1.84. The lowest BCUT2D eigenvalue weighted by molar-refractivity contribution is -0.131. The number of nitrogens with one attached hydrogen (secondary N) is 2. The number of rotatable bonds is 7. The lowest BCUT2D eigenvalue weighted by Crippen LogP contribution is -2.53. The highest BCUT2D eigenvalue weighted by Crippen LogP contribution is 2.24. The molecule has 4 atom stereocenters. The van der Waals surface area contributed by atoms with Gasteiger partial charge in [0.25, 0.3) is 0 Å². The highest BCUT2D eigenvalue weighted by Gasteiger charge is 2.43. The van der Waals surface area contributed by atoms with Gasteiger partial charge in [-0.15, -0.1) is 0 Å². The Hall–Kier alpha value is -2.36. The second kappa shape index (κ2) is 9.43. The summed E-state index contributed by atoms with van der Waals surface area (Å²) in [5.41, 5.74) is 4.73. The number of likely N-dealkylation sites (tertiary alicyclic amines) is 1. The number of carbonyl (C=O) groups excluding carboxylic acids is 4. The Morgan fingerprint density at radius 1 is 1.34 bits per heavy atom. The van der Waals surface area contributed by atoms with Crippen LogP contribution in [0.4, 0.5) is 4.79 Å². The summed E-state index contributed by atoms with van der Waals surface area (Å²) >= 11 is 0. The summed E-state index contributed by atoms with van der Waals surface area (Å²) in [6.45, 7) is 8.26. The molecule has 0 aromatic carbocycles. The van der Waals surface area contributed by atoms with Crippen molar-refractivity contribution >= 4 is 23.8 Å². The van der Waals surface area contributed by atoms with Crippen molar-refractivity contribution in [3.63, 3.8) is 0 Å². The van der Waals surface area contributed by atoms with Crippen molar-refractivity contribution in [2.75, 3.05) is 19.7 Å². The number of hydrogen-bond donors (Lipinski definition) is 3. The second-order valence-corrected chi connectivity index (χ2v) is 8.44. The van der Waals surface area contributed by atoms with E-state index in [0.717, 1.165) is 0 Å². The molecule has 2 heterocycles. The van der Waals surface area contributed by atoms with Crippen molar-refractivity contribution in [2.24, 2.45) is 11.7 Å². The van der Waals surface area contributed by atoms with Crippen molar-refractivity contribution in [3.05, 3.63) is 0 Å². The Labute approximate surface area is 170 Å². The van der Waals surface area contributed by atoms with Crippen LogP contribution in [0.3, 0.4) is 0 Å². The molecule has 4 amide bonds. The molecule has 10 nitrogen and oxygen atoms in total. The quantitative estimate of drug-likeness (QED) is 0.533. The molecular formula is C19H32N4O6. The first-order chi connectivity index (χ1) is 13.5. The van der Waals surface area contributed by atoms with Crippen LogP contribution in [0.1, 0.15) is 47.0 Å². The van der Waals surface area contributed by atoms with Gasteiger partial charge < -0.3 is 25.8 Å². The third kappa shape index (κ3) is 6.31. The molecule has 0 bridgehead atoms. The number of amides is 4. The van der Waals surface area contributed by atoms with Gasteiger partial charge in [0.2, 0.25) is 17.7 Å². The third-order valence-electron chi connectivity index (χ3n) is 4.94. The molecule has 0 aliphatic carbocycles. The predicted octanol–water partition coefficient (Wildman–Crippen LogP) is -0.103. The second-order valence-electron chi connectivity index (χ2n) is 8.44. The van der Waals surface area contributed by atoms with Gasteiger partial charge in [-0.2, -0.15) is 0 Å². The lowest BCUT2D eigenvalue weighted by Gasteiger charge is -2.28. The van der Waals surface area contributed by atoms with Crippen LogP contribution in [0.2, 0.25) is 0 Å². The van der Waals surface area contributed by atoms with Gasteiger partial charge in [-0.25, -0.2) is 4.79 Å². The molecule has 29 heavy (non-hydrogen) atoms. The summed E-state index contributed by atoms with van der Waals surface area (Å²) < 4.78 is 11.0. The summed E-state index contributed by atoms with van der Waals surface area (Å²) in [5, 5.41) is 5.31. The number of primary amides is 1. The Kier molecular flexibility index (Phi) is 7.45. The summed E-state index contributed by atoms with van der Waals surface area (Å²) in [5.74, 6) is -1.77. The van der Waals surface area contributed by atoms with Crippen LogP contribution < -0.4 is 16.4 Å². The number of ether oxygens (including phenoxy) is 2. The van der Waals surface area contributed by atoms with Gasteiger partial charge in [-0.3, -0.25) is 19.3 Å². The molecular weight excluding hydrogens is 380 g/mol. The first kappa shape index (κ1) is 22.9. The number of nitrogens with two attached hydrogens (primary N) is 1. The minimum absolute atomic E-state index is 0.126. The molecule has 2 rings (SSSR count). The molecule has 1 unspecified atom stereocenters. The van der Waals surface area contributed by atoms with E-state index in [-0.39, 0.29) is 37.3 Å². The molecule has 2 aliphatic heterocycles. The molecule has 0 aromatic heterocycles. The average Bonchev–Trinajstić information content (AvgIpc) is 3.19. The van der Waals surface area contributed by atoms with Crippen LogP contribution in [0, 0.1) is 5.92 Å². The summed E-state index contributed by atoms with van der Waals surface area (Å²) in [6.07, 6.45) is 0.0646. The van der Waals surface area contributed by atoms with E-state index in [9.17, 15) is 19.2 Å². The number of nitrogens with zero attached hydrogens (tertiary/aromatic N) is 1. The van der Waals surface area contributed by atoms with E-state index in [1.54, 1.807) is 20.8 Å². The van der Waals surface area contributed by atoms with Gasteiger partial charge in [-0.1, -0.05) is 0 Å². The van der Waals surface area contributed by atoms with Crippen molar-refractivity contribution < 1.29 is 28.7 Å². The molecule has 0 radical (unpaired) electrons. The molecule has 0 saturated carbocycles. The van der Waals surface area contributed by atoms with E-state index in [2.05, 4.69) is 10.6 Å². The maximum atomic E-state index is 12.9. The third-order valence-corrected chi connectivity index (χ3v) is 4.94. The maximum absolute atomic E-state index is 12.9. The first-order valence-electron chi connectivity index (χ1n) is 10.0. The van der Waals surface area contributed by atoms with E-state index >= 15 is 0 Å². The van der Waals surface area contributed by atoms with E-state index in [1.165, 1.54) is 4.90 Å². The summed E-state index contributed by atoms with van der Waals surface area (Å²) in [7, 11) is 0. The largest absolute Gasteiger partial charge is 0.444 e. The minimum Gasteiger partial charge on any atom is -0.444 e. The van der Waals surface area contributed by atoms with Crippen LogP contribution >= 0.6 is 0 Å². The fourth-order valence-corrected chi connectivity index (χ4v) is 3.59. The van der Waals surface area contributed by atoms with Crippen LogP contribution in [0.25, 0.3) is 0 Å². The molecule has 10 heteroatoms. The van der Waals surface area contributed by atoms with Gasteiger partial charge >= 0.3 is 6.09 Å². The van der Waals surface area contributed by atoms with Gasteiger partial charge in [0.15, 0.2) is 0 Å². The van der Waals surface area contributed by atoms with E-state index in [1.807, 2.05) is 6.92 Å². The highest BCUT2D eigenvalue weighted by atomic mass is 16.6. The van der Waals surface area contributed by atoms with Crippen LogP contribution in [-0.2, 0) is 23.9 Å². The van der Waals surface area contributed by atoms with Gasteiger partial charge in [-0.05, 0) is 40.5 Å². The number of carbonyl (C=O) groups is 4. The smallest absolute Gasteiger partial charge is 0.411 e. The molecule has 0 aromatic rings. The van der Waals surface area contributed by atoms with E-state index in [4.69, 9.17) is 15.2 Å². The topological polar surface area (TPSA) is 140 Å². The average molecular weight is 412 g/mol. The maximum Gasteiger partial charge on any atom is 0.411 e. The fourth-order valence-electron chi connectivity index (χ4n) is 3.59. The molecule has 2 aliphatic rings. The Balaban J connectivity index is 2.09. The monoisotopic (exact) mass is 412 g/mol. The van der Waals surface area contributed by atoms with E-state index in [0.29, 0.717) is 19.6 Å². The summed E-state index contributed by atoms with van der Waals surface area (Å²) in [4.78, 5) is 50.5. The van der Waals surface area contributed by atoms with Gasteiger partial charge in [0.1, 0.15) is 17.7 Å². The Morgan fingerprint density at radius 3 is 2.55 bits per heavy atom. The zero-order valence-corrected chi connectivity index (χ0v) is 17.5. The molecule has 0 spiro atoms. The molecule has 4 N–H and O–H groups in total.